The van der Waals surface area contributed by atoms with Gasteiger partial charge in [0.2, 0.25) is 0 Å². The van der Waals surface area contributed by atoms with E-state index in [1.54, 1.807) is 0 Å². The molecule has 16 heavy (non-hydrogen) atoms. The fraction of sp³-hybridized carbons (Fsp3) is 0.615. The van der Waals surface area contributed by atoms with Crippen LogP contribution in [0.4, 0.5) is 0 Å². The maximum atomic E-state index is 11.3. The zero-order chi connectivity index (χ0) is 12.0. The molecule has 0 unspecified atom stereocenters. The number of allylic oxidation sites excluding steroid dienone is 1. The van der Waals surface area contributed by atoms with E-state index >= 15 is 0 Å². The number of rotatable bonds is 2. The summed E-state index contributed by atoms with van der Waals surface area (Å²) in [6, 6.07) is 0. The molecule has 0 bridgehead atoms. The first-order valence-corrected chi connectivity index (χ1v) is 5.75. The fourth-order valence-corrected chi connectivity index (χ4v) is 2.14. The highest BCUT2D eigenvalue weighted by atomic mass is 16.4. The van der Waals surface area contributed by atoms with E-state index in [2.05, 4.69) is 26.1 Å². The fourth-order valence-electron chi connectivity index (χ4n) is 2.14. The third-order valence-electron chi connectivity index (χ3n) is 3.63. The molecule has 0 spiro atoms. The van der Waals surface area contributed by atoms with Gasteiger partial charge in [-0.25, -0.2) is 0 Å². The van der Waals surface area contributed by atoms with Crippen molar-refractivity contribution in [3.63, 3.8) is 0 Å². The first-order valence-electron chi connectivity index (χ1n) is 5.75. The summed E-state index contributed by atoms with van der Waals surface area (Å²) in [7, 11) is 0. The second kappa shape index (κ2) is 3.37. The van der Waals surface area contributed by atoms with Crippen LogP contribution in [0.15, 0.2) is 23.5 Å². The minimum absolute atomic E-state index is 0.0983. The number of hydrogen-bond acceptors (Lipinski definition) is 2. The van der Waals surface area contributed by atoms with Crippen LogP contribution in [-0.4, -0.2) is 11.1 Å². The van der Waals surface area contributed by atoms with Gasteiger partial charge >= 0.3 is 5.97 Å². The second-order valence-corrected chi connectivity index (χ2v) is 5.82. The molecule has 1 heterocycles. The van der Waals surface area contributed by atoms with Crippen LogP contribution in [0, 0.1) is 10.8 Å². The molecule has 0 amide bonds. The van der Waals surface area contributed by atoms with Gasteiger partial charge in [-0.05, 0) is 35.8 Å². The van der Waals surface area contributed by atoms with E-state index in [0.717, 1.165) is 24.8 Å². The monoisotopic (exact) mass is 221 g/mol. The van der Waals surface area contributed by atoms with E-state index in [9.17, 15) is 9.90 Å². The van der Waals surface area contributed by atoms with Gasteiger partial charge in [0.1, 0.15) is 0 Å². The summed E-state index contributed by atoms with van der Waals surface area (Å²) in [4.78, 5) is 11.3. The maximum Gasteiger partial charge on any atom is 0.313 e. The zero-order valence-corrected chi connectivity index (χ0v) is 10.1. The molecule has 3 nitrogen and oxygen atoms in total. The summed E-state index contributed by atoms with van der Waals surface area (Å²) in [6.45, 7) is 6.47. The highest BCUT2D eigenvalue weighted by Crippen LogP contribution is 2.55. The quantitative estimate of drug-likeness (QED) is 0.753. The molecule has 88 valence electrons. The first-order chi connectivity index (χ1) is 7.36. The summed E-state index contributed by atoms with van der Waals surface area (Å²) in [6.07, 6.45) is 6.24. The molecular formula is C13H19NO2. The summed E-state index contributed by atoms with van der Waals surface area (Å²) >= 11 is 0. The Bertz CT molecular complexity index is 381. The topological polar surface area (TPSA) is 49.3 Å². The molecule has 2 aliphatic rings. The molecule has 0 radical (unpaired) electrons. The number of carboxylic acids is 1. The van der Waals surface area contributed by atoms with Crippen molar-refractivity contribution in [1.29, 1.82) is 0 Å². The predicted octanol–water partition coefficient (Wildman–Crippen LogP) is 2.66. The van der Waals surface area contributed by atoms with Crippen molar-refractivity contribution >= 4 is 5.97 Å². The normalized spacial score (nSPS) is 22.9. The van der Waals surface area contributed by atoms with E-state index in [1.807, 2.05) is 12.4 Å². The lowest BCUT2D eigenvalue weighted by molar-refractivity contribution is -0.141. The molecule has 2 rings (SSSR count). The Balaban J connectivity index is 2.17. The van der Waals surface area contributed by atoms with Crippen LogP contribution in [-0.2, 0) is 4.79 Å². The molecule has 0 aromatic heterocycles. The lowest BCUT2D eigenvalue weighted by atomic mass is 9.79. The molecule has 0 saturated heterocycles. The van der Waals surface area contributed by atoms with Crippen molar-refractivity contribution < 1.29 is 9.90 Å². The standard InChI is InChI=1S/C13H19NO2/c1-12(2,3)9-6-10(8-14-7-9)13(4-5-13)11(15)16/h7-8,14H,4-6H2,1-3H3,(H,15,16). The second-order valence-electron chi connectivity index (χ2n) is 5.82. The largest absolute Gasteiger partial charge is 0.481 e. The third-order valence-corrected chi connectivity index (χ3v) is 3.63. The van der Waals surface area contributed by atoms with Gasteiger partial charge in [0.15, 0.2) is 0 Å². The van der Waals surface area contributed by atoms with E-state index in [0.29, 0.717) is 0 Å². The van der Waals surface area contributed by atoms with Crippen molar-refractivity contribution in [2.75, 3.05) is 0 Å². The van der Waals surface area contributed by atoms with Crippen LogP contribution in [0.3, 0.4) is 0 Å². The van der Waals surface area contributed by atoms with Crippen LogP contribution in [0.25, 0.3) is 0 Å². The maximum absolute atomic E-state index is 11.3. The smallest absolute Gasteiger partial charge is 0.313 e. The average molecular weight is 221 g/mol. The molecule has 0 aromatic rings. The van der Waals surface area contributed by atoms with E-state index in [-0.39, 0.29) is 5.41 Å². The molecule has 2 N–H and O–H groups in total. The highest BCUT2D eigenvalue weighted by molar-refractivity contribution is 5.82. The summed E-state index contributed by atoms with van der Waals surface area (Å²) < 4.78 is 0. The minimum atomic E-state index is -0.671. The number of carbonyl (C=O) groups is 1. The zero-order valence-electron chi connectivity index (χ0n) is 10.1. The minimum Gasteiger partial charge on any atom is -0.481 e. The number of nitrogens with one attached hydrogen (secondary N) is 1. The lowest BCUT2D eigenvalue weighted by Crippen LogP contribution is -2.25. The van der Waals surface area contributed by atoms with Crippen LogP contribution < -0.4 is 5.32 Å². The van der Waals surface area contributed by atoms with Crippen molar-refractivity contribution in [3.8, 4) is 0 Å². The molecule has 0 atom stereocenters. The van der Waals surface area contributed by atoms with Crippen molar-refractivity contribution in [2.24, 2.45) is 10.8 Å². The van der Waals surface area contributed by atoms with Gasteiger partial charge in [0.25, 0.3) is 0 Å². The van der Waals surface area contributed by atoms with Gasteiger partial charge < -0.3 is 10.4 Å². The molecule has 1 saturated carbocycles. The van der Waals surface area contributed by atoms with Gasteiger partial charge in [-0.3, -0.25) is 4.79 Å². The van der Waals surface area contributed by atoms with Crippen LogP contribution in [0.5, 0.6) is 0 Å². The number of carboxylic acid groups (broad SMARTS) is 1. The number of dihydropyridines is 1. The first kappa shape index (κ1) is 11.2. The van der Waals surface area contributed by atoms with Gasteiger partial charge in [0.05, 0.1) is 5.41 Å². The van der Waals surface area contributed by atoms with Gasteiger partial charge in [-0.1, -0.05) is 20.8 Å². The van der Waals surface area contributed by atoms with Crippen LogP contribution in [0.2, 0.25) is 0 Å². The third kappa shape index (κ3) is 1.75. The Hall–Kier alpha value is -1.25. The van der Waals surface area contributed by atoms with E-state index < -0.39 is 11.4 Å². The summed E-state index contributed by atoms with van der Waals surface area (Å²) in [5.41, 5.74) is 1.85. The summed E-state index contributed by atoms with van der Waals surface area (Å²) in [5, 5.41) is 12.4. The highest BCUT2D eigenvalue weighted by Gasteiger charge is 2.53. The Kier molecular flexibility index (Phi) is 2.37. The molecule has 1 fully saturated rings. The molecular weight excluding hydrogens is 202 g/mol. The number of aliphatic carboxylic acids is 1. The van der Waals surface area contributed by atoms with Crippen molar-refractivity contribution in [2.45, 2.75) is 40.0 Å². The summed E-state index contributed by atoms with van der Waals surface area (Å²) in [5.74, 6) is -0.671. The lowest BCUT2D eigenvalue weighted by Gasteiger charge is -2.29. The van der Waals surface area contributed by atoms with Gasteiger partial charge in [-0.2, -0.15) is 0 Å². The van der Waals surface area contributed by atoms with Crippen molar-refractivity contribution in [1.82, 2.24) is 5.32 Å². The molecule has 0 aromatic carbocycles. The average Bonchev–Trinajstić information content (AvgIpc) is 2.97. The van der Waals surface area contributed by atoms with Gasteiger partial charge in [0, 0.05) is 12.4 Å². The van der Waals surface area contributed by atoms with Crippen LogP contribution >= 0.6 is 0 Å². The SMILES string of the molecule is CC(C)(C)C1=CNC=C(C2(C(=O)O)CC2)C1. The van der Waals surface area contributed by atoms with Gasteiger partial charge in [-0.15, -0.1) is 0 Å². The Morgan fingerprint density at radius 3 is 2.44 bits per heavy atom. The predicted molar refractivity (Wildman–Crippen MR) is 62.7 cm³/mol. The number of hydrogen-bond donors (Lipinski definition) is 2. The Morgan fingerprint density at radius 2 is 2.00 bits per heavy atom. The Labute approximate surface area is 96.2 Å². The Morgan fingerprint density at radius 1 is 1.38 bits per heavy atom. The van der Waals surface area contributed by atoms with E-state index in [1.165, 1.54) is 5.57 Å². The molecule has 1 aliphatic carbocycles. The van der Waals surface area contributed by atoms with Crippen molar-refractivity contribution in [3.05, 3.63) is 23.5 Å². The van der Waals surface area contributed by atoms with E-state index in [4.69, 9.17) is 0 Å². The molecule has 3 heteroatoms. The molecule has 1 aliphatic heterocycles. The van der Waals surface area contributed by atoms with Crippen LogP contribution in [0.1, 0.15) is 40.0 Å².